The summed E-state index contributed by atoms with van der Waals surface area (Å²) < 4.78 is 72.2. The topological polar surface area (TPSA) is 58.4 Å². The van der Waals surface area contributed by atoms with Gasteiger partial charge in [-0.05, 0) is 12.1 Å². The first-order valence-corrected chi connectivity index (χ1v) is 8.47. The van der Waals surface area contributed by atoms with Crippen LogP contribution in [0.2, 0.25) is 0 Å². The molecule has 0 saturated carbocycles. The first-order valence-electron chi connectivity index (χ1n) is 8.47. The lowest BCUT2D eigenvalue weighted by atomic mass is 10.0. The van der Waals surface area contributed by atoms with Gasteiger partial charge >= 0.3 is 6.03 Å². The summed E-state index contributed by atoms with van der Waals surface area (Å²) >= 11 is 0. The van der Waals surface area contributed by atoms with Crippen molar-refractivity contribution in [3.8, 4) is 11.3 Å². The van der Waals surface area contributed by atoms with Gasteiger partial charge in [0, 0.05) is 48.0 Å². The Kier molecular flexibility index (Phi) is 4.69. The molecule has 0 spiro atoms. The molecule has 0 bridgehead atoms. The number of urea groups is 1. The Hall–Kier alpha value is -3.43. The van der Waals surface area contributed by atoms with E-state index in [1.54, 1.807) is 0 Å². The van der Waals surface area contributed by atoms with Crippen molar-refractivity contribution < 1.29 is 31.3 Å². The molecule has 2 aromatic carbocycles. The highest BCUT2D eigenvalue weighted by molar-refractivity contribution is 5.89. The molecular formula is C19H12F5N3O2. The van der Waals surface area contributed by atoms with Crippen LogP contribution in [0.5, 0.6) is 0 Å². The van der Waals surface area contributed by atoms with Gasteiger partial charge in [-0.15, -0.1) is 0 Å². The van der Waals surface area contributed by atoms with E-state index in [0.29, 0.717) is 29.5 Å². The summed E-state index contributed by atoms with van der Waals surface area (Å²) in [6.45, 7) is 0.175. The van der Waals surface area contributed by atoms with Crippen LogP contribution in [0.4, 0.5) is 32.4 Å². The molecule has 2 heterocycles. The number of anilines is 1. The van der Waals surface area contributed by atoms with Gasteiger partial charge in [0.2, 0.25) is 0 Å². The molecule has 0 unspecified atom stereocenters. The van der Waals surface area contributed by atoms with Crippen LogP contribution in [0.1, 0.15) is 11.3 Å². The van der Waals surface area contributed by atoms with Gasteiger partial charge in [0.1, 0.15) is 23.1 Å². The second kappa shape index (κ2) is 7.19. The van der Waals surface area contributed by atoms with Crippen molar-refractivity contribution in [2.45, 2.75) is 13.0 Å². The number of nitrogens with one attached hydrogen (secondary N) is 1. The van der Waals surface area contributed by atoms with E-state index in [1.165, 1.54) is 11.0 Å². The molecule has 1 aromatic heterocycles. The number of benzene rings is 2. The zero-order valence-electron chi connectivity index (χ0n) is 14.6. The maximum Gasteiger partial charge on any atom is 0.322 e. The largest absolute Gasteiger partial charge is 0.360 e. The van der Waals surface area contributed by atoms with E-state index in [4.69, 9.17) is 4.52 Å². The highest BCUT2D eigenvalue weighted by Gasteiger charge is 2.29. The van der Waals surface area contributed by atoms with Crippen molar-refractivity contribution in [3.05, 3.63) is 70.7 Å². The predicted octanol–water partition coefficient (Wildman–Crippen LogP) is 4.63. The van der Waals surface area contributed by atoms with Crippen LogP contribution < -0.4 is 5.32 Å². The van der Waals surface area contributed by atoms with Crippen molar-refractivity contribution in [1.82, 2.24) is 10.1 Å². The summed E-state index contributed by atoms with van der Waals surface area (Å²) in [6, 6.07) is 3.61. The molecule has 150 valence electrons. The number of rotatable bonds is 2. The molecule has 0 radical (unpaired) electrons. The second-order valence-corrected chi connectivity index (χ2v) is 6.41. The number of carbonyl (C=O) groups is 1. The Balaban J connectivity index is 1.57. The van der Waals surface area contributed by atoms with E-state index in [9.17, 15) is 26.7 Å². The van der Waals surface area contributed by atoms with E-state index < -0.39 is 35.1 Å². The molecule has 1 N–H and O–H groups in total. The number of fused-ring (bicyclic) bond motifs is 1. The van der Waals surface area contributed by atoms with Crippen molar-refractivity contribution in [3.63, 3.8) is 0 Å². The van der Waals surface area contributed by atoms with E-state index >= 15 is 0 Å². The van der Waals surface area contributed by atoms with Crippen LogP contribution in [0.25, 0.3) is 11.3 Å². The van der Waals surface area contributed by atoms with Gasteiger partial charge in [-0.25, -0.2) is 26.7 Å². The van der Waals surface area contributed by atoms with Crippen LogP contribution >= 0.6 is 0 Å². The monoisotopic (exact) mass is 409 g/mol. The SMILES string of the molecule is O=C(Nc1cc(F)c(F)c(F)c1)N1CCc2onc(-c3ccc(F)cc3F)c2C1. The van der Waals surface area contributed by atoms with Gasteiger partial charge in [0.25, 0.3) is 0 Å². The average Bonchev–Trinajstić information content (AvgIpc) is 3.09. The first kappa shape index (κ1) is 18.9. The number of hydrogen-bond acceptors (Lipinski definition) is 3. The first-order chi connectivity index (χ1) is 13.8. The smallest absolute Gasteiger partial charge is 0.322 e. The van der Waals surface area contributed by atoms with E-state index in [2.05, 4.69) is 10.5 Å². The lowest BCUT2D eigenvalue weighted by Crippen LogP contribution is -2.38. The third kappa shape index (κ3) is 3.53. The number of amides is 2. The Morgan fingerprint density at radius 3 is 2.45 bits per heavy atom. The fraction of sp³-hybridized carbons (Fsp3) is 0.158. The third-order valence-corrected chi connectivity index (χ3v) is 4.54. The third-order valence-electron chi connectivity index (χ3n) is 4.54. The maximum atomic E-state index is 14.1. The van der Waals surface area contributed by atoms with Crippen molar-refractivity contribution in [1.29, 1.82) is 0 Å². The van der Waals surface area contributed by atoms with Crippen molar-refractivity contribution in [2.24, 2.45) is 0 Å². The molecule has 4 rings (SSSR count). The van der Waals surface area contributed by atoms with E-state index in [1.807, 2.05) is 0 Å². The van der Waals surface area contributed by atoms with Crippen LogP contribution in [0, 0.1) is 29.1 Å². The molecule has 1 aliphatic rings. The molecule has 0 fully saturated rings. The standard InChI is InChI=1S/C19H12F5N3O2/c20-9-1-2-11(13(21)5-9)18-12-8-27(4-3-16(12)29-26-18)19(28)25-10-6-14(22)17(24)15(23)7-10/h1-2,5-7H,3-4,8H2,(H,25,28). The summed E-state index contributed by atoms with van der Waals surface area (Å²) in [6.07, 6.45) is 0.269. The Morgan fingerprint density at radius 1 is 1.03 bits per heavy atom. The van der Waals surface area contributed by atoms with Gasteiger partial charge in [0.15, 0.2) is 17.5 Å². The number of hydrogen-bond donors (Lipinski definition) is 1. The second-order valence-electron chi connectivity index (χ2n) is 6.41. The quantitative estimate of drug-likeness (QED) is 0.496. The minimum atomic E-state index is -1.64. The summed E-state index contributed by atoms with van der Waals surface area (Å²) in [5.74, 6) is -5.64. The number of halogens is 5. The number of nitrogens with zero attached hydrogens (tertiary/aromatic N) is 2. The van der Waals surface area contributed by atoms with Crippen LogP contribution in [0.3, 0.4) is 0 Å². The minimum Gasteiger partial charge on any atom is -0.360 e. The number of carbonyl (C=O) groups excluding carboxylic acids is 1. The van der Waals surface area contributed by atoms with Crippen molar-refractivity contribution in [2.75, 3.05) is 11.9 Å². The van der Waals surface area contributed by atoms with Gasteiger partial charge in [-0.3, -0.25) is 0 Å². The molecule has 5 nitrogen and oxygen atoms in total. The Labute approximate surface area is 160 Å². The number of aromatic nitrogens is 1. The lowest BCUT2D eigenvalue weighted by molar-refractivity contribution is 0.202. The van der Waals surface area contributed by atoms with Crippen LogP contribution in [-0.2, 0) is 13.0 Å². The van der Waals surface area contributed by atoms with Gasteiger partial charge in [0.05, 0.1) is 6.54 Å². The molecule has 0 aliphatic carbocycles. The Morgan fingerprint density at radius 2 is 1.76 bits per heavy atom. The molecule has 29 heavy (non-hydrogen) atoms. The highest BCUT2D eigenvalue weighted by atomic mass is 19.2. The molecule has 3 aromatic rings. The minimum absolute atomic E-state index is 0.0151. The molecule has 10 heteroatoms. The van der Waals surface area contributed by atoms with Gasteiger partial charge in [-0.1, -0.05) is 5.16 Å². The summed E-state index contributed by atoms with van der Waals surface area (Å²) in [5.41, 5.74) is 0.330. The lowest BCUT2D eigenvalue weighted by Gasteiger charge is -2.26. The Bertz CT molecular complexity index is 1090. The molecule has 2 amide bonds. The molecule has 0 saturated heterocycles. The zero-order chi connectivity index (χ0) is 20.7. The molecule has 0 atom stereocenters. The van der Waals surface area contributed by atoms with Gasteiger partial charge < -0.3 is 14.7 Å². The van der Waals surface area contributed by atoms with E-state index in [0.717, 1.165) is 6.07 Å². The van der Waals surface area contributed by atoms with Crippen molar-refractivity contribution >= 4 is 11.7 Å². The predicted molar refractivity (Wildman–Crippen MR) is 91.3 cm³/mol. The average molecular weight is 409 g/mol. The molecular weight excluding hydrogens is 397 g/mol. The summed E-state index contributed by atoms with van der Waals surface area (Å²) in [4.78, 5) is 13.8. The summed E-state index contributed by atoms with van der Waals surface area (Å²) in [5, 5.41) is 6.12. The van der Waals surface area contributed by atoms with E-state index in [-0.39, 0.29) is 36.5 Å². The highest BCUT2D eigenvalue weighted by Crippen LogP contribution is 2.32. The summed E-state index contributed by atoms with van der Waals surface area (Å²) in [7, 11) is 0. The van der Waals surface area contributed by atoms with Gasteiger partial charge in [-0.2, -0.15) is 0 Å². The zero-order valence-corrected chi connectivity index (χ0v) is 14.6. The fourth-order valence-corrected chi connectivity index (χ4v) is 3.11. The fourth-order valence-electron chi connectivity index (χ4n) is 3.11. The molecule has 1 aliphatic heterocycles. The maximum absolute atomic E-state index is 14.1. The normalized spacial score (nSPS) is 13.3. The van der Waals surface area contributed by atoms with Crippen LogP contribution in [0.15, 0.2) is 34.9 Å². The van der Waals surface area contributed by atoms with Crippen LogP contribution in [-0.4, -0.2) is 22.6 Å².